The molecular weight excluding hydrogens is 335 g/mol. The summed E-state index contributed by atoms with van der Waals surface area (Å²) in [5, 5.41) is 14.6. The maximum atomic E-state index is 13.1. The molecule has 3 atom stereocenters. The highest BCUT2D eigenvalue weighted by molar-refractivity contribution is 5.84. The van der Waals surface area contributed by atoms with Gasteiger partial charge in [-0.05, 0) is 41.7 Å². The first-order valence-corrected chi connectivity index (χ1v) is 8.62. The molecule has 0 bridgehead atoms. The quantitative estimate of drug-likeness (QED) is 0.769. The van der Waals surface area contributed by atoms with E-state index in [1.165, 1.54) is 12.1 Å². The van der Waals surface area contributed by atoms with Crippen LogP contribution in [0, 0.1) is 5.82 Å². The van der Waals surface area contributed by atoms with Gasteiger partial charge < -0.3 is 15.7 Å². The summed E-state index contributed by atoms with van der Waals surface area (Å²) in [7, 11) is 0. The zero-order valence-electron chi connectivity index (χ0n) is 14.4. The van der Waals surface area contributed by atoms with Crippen molar-refractivity contribution in [3.8, 4) is 0 Å². The van der Waals surface area contributed by atoms with E-state index in [1.807, 2.05) is 31.2 Å². The van der Waals surface area contributed by atoms with E-state index in [9.17, 15) is 14.0 Å². The molecule has 2 amide bonds. The van der Waals surface area contributed by atoms with E-state index in [1.54, 1.807) is 12.1 Å². The standard InChI is InChI=1S/C20H21FN2O3/c1-2-15(12-7-9-14(21)10-8-12)19(24)22-17-11-13-5-3-4-6-16(13)18(17)23-20(25)26/h3-10,15,17-18,23H,2,11H2,1H3,(H,22,24)(H,25,26)/t15?,17-,18-/m1/s1. The summed E-state index contributed by atoms with van der Waals surface area (Å²) in [6, 6.07) is 12.6. The molecule has 0 heterocycles. The van der Waals surface area contributed by atoms with Gasteiger partial charge in [0.05, 0.1) is 18.0 Å². The minimum atomic E-state index is -1.13. The van der Waals surface area contributed by atoms with Crippen LogP contribution in [0.1, 0.15) is 42.0 Å². The fourth-order valence-electron chi connectivity index (χ4n) is 3.59. The summed E-state index contributed by atoms with van der Waals surface area (Å²) in [5.74, 6) is -0.945. The minimum absolute atomic E-state index is 0.186. The number of hydrogen-bond donors (Lipinski definition) is 3. The predicted molar refractivity (Wildman–Crippen MR) is 95.4 cm³/mol. The van der Waals surface area contributed by atoms with Gasteiger partial charge >= 0.3 is 6.09 Å². The Hall–Kier alpha value is -2.89. The third-order valence-corrected chi connectivity index (χ3v) is 4.84. The Morgan fingerprint density at radius 1 is 1.15 bits per heavy atom. The van der Waals surface area contributed by atoms with Crippen molar-refractivity contribution in [2.24, 2.45) is 0 Å². The third-order valence-electron chi connectivity index (χ3n) is 4.84. The van der Waals surface area contributed by atoms with E-state index in [4.69, 9.17) is 5.11 Å². The summed E-state index contributed by atoms with van der Waals surface area (Å²) < 4.78 is 13.1. The van der Waals surface area contributed by atoms with Crippen LogP contribution in [-0.2, 0) is 11.2 Å². The molecule has 3 rings (SSSR count). The highest BCUT2D eigenvalue weighted by atomic mass is 19.1. The lowest BCUT2D eigenvalue weighted by molar-refractivity contribution is -0.123. The number of carbonyl (C=O) groups excluding carboxylic acids is 1. The molecule has 0 saturated carbocycles. The fourth-order valence-corrected chi connectivity index (χ4v) is 3.59. The van der Waals surface area contributed by atoms with E-state index < -0.39 is 18.1 Å². The molecule has 0 aliphatic heterocycles. The largest absolute Gasteiger partial charge is 0.465 e. The normalized spacial score (nSPS) is 19.5. The summed E-state index contributed by atoms with van der Waals surface area (Å²) in [6.45, 7) is 1.89. The van der Waals surface area contributed by atoms with Crippen molar-refractivity contribution in [2.75, 3.05) is 0 Å². The van der Waals surface area contributed by atoms with Crippen LogP contribution in [0.4, 0.5) is 9.18 Å². The Morgan fingerprint density at radius 3 is 2.50 bits per heavy atom. The number of hydrogen-bond acceptors (Lipinski definition) is 2. The zero-order valence-corrected chi connectivity index (χ0v) is 14.4. The molecule has 26 heavy (non-hydrogen) atoms. The summed E-state index contributed by atoms with van der Waals surface area (Å²) in [4.78, 5) is 24.0. The second kappa shape index (κ2) is 7.56. The van der Waals surface area contributed by atoms with E-state index in [0.29, 0.717) is 12.8 Å². The Kier molecular flexibility index (Phi) is 5.21. The van der Waals surface area contributed by atoms with Gasteiger partial charge in [0, 0.05) is 0 Å². The molecule has 5 nitrogen and oxygen atoms in total. The van der Waals surface area contributed by atoms with E-state index in [-0.39, 0.29) is 17.8 Å². The second-order valence-corrected chi connectivity index (χ2v) is 6.46. The average Bonchev–Trinajstić information content (AvgIpc) is 2.94. The Labute approximate surface area is 151 Å². The number of carboxylic acid groups (broad SMARTS) is 1. The number of amides is 2. The van der Waals surface area contributed by atoms with Crippen LogP contribution in [0.25, 0.3) is 0 Å². The lowest BCUT2D eigenvalue weighted by atomic mass is 9.95. The second-order valence-electron chi connectivity index (χ2n) is 6.46. The Balaban J connectivity index is 1.79. The van der Waals surface area contributed by atoms with Gasteiger partial charge in [0.25, 0.3) is 0 Å². The van der Waals surface area contributed by atoms with Crippen LogP contribution < -0.4 is 10.6 Å². The van der Waals surface area contributed by atoms with Crippen LogP contribution in [0.15, 0.2) is 48.5 Å². The maximum Gasteiger partial charge on any atom is 0.405 e. The first kappa shape index (κ1) is 17.9. The van der Waals surface area contributed by atoms with Crippen molar-refractivity contribution in [1.29, 1.82) is 0 Å². The Bertz CT molecular complexity index is 807. The number of carbonyl (C=O) groups is 2. The molecule has 1 unspecified atom stereocenters. The molecule has 0 aromatic heterocycles. The molecule has 6 heteroatoms. The molecular formula is C20H21FN2O3. The molecule has 3 N–H and O–H groups in total. The van der Waals surface area contributed by atoms with Crippen molar-refractivity contribution >= 4 is 12.0 Å². The van der Waals surface area contributed by atoms with E-state index in [0.717, 1.165) is 16.7 Å². The average molecular weight is 356 g/mol. The first-order chi connectivity index (χ1) is 12.5. The molecule has 0 radical (unpaired) electrons. The SMILES string of the molecule is CCC(C(=O)N[C@@H]1Cc2ccccc2[C@H]1NC(=O)O)c1ccc(F)cc1. The van der Waals surface area contributed by atoms with Crippen LogP contribution in [0.3, 0.4) is 0 Å². The summed E-state index contributed by atoms with van der Waals surface area (Å²) in [5.41, 5.74) is 2.64. The van der Waals surface area contributed by atoms with Gasteiger partial charge in [-0.25, -0.2) is 9.18 Å². The molecule has 0 spiro atoms. The monoisotopic (exact) mass is 356 g/mol. The van der Waals surface area contributed by atoms with Gasteiger partial charge in [0.2, 0.25) is 5.91 Å². The fraction of sp³-hybridized carbons (Fsp3) is 0.300. The highest BCUT2D eigenvalue weighted by Gasteiger charge is 2.35. The number of fused-ring (bicyclic) bond motifs is 1. The first-order valence-electron chi connectivity index (χ1n) is 8.62. The van der Waals surface area contributed by atoms with Crippen LogP contribution in [-0.4, -0.2) is 23.1 Å². The number of halogens is 1. The summed E-state index contributed by atoms with van der Waals surface area (Å²) >= 11 is 0. The van der Waals surface area contributed by atoms with Gasteiger partial charge in [0.15, 0.2) is 0 Å². The van der Waals surface area contributed by atoms with Crippen LogP contribution in [0.5, 0.6) is 0 Å². The topological polar surface area (TPSA) is 78.4 Å². The lowest BCUT2D eigenvalue weighted by Gasteiger charge is -2.24. The number of rotatable bonds is 5. The molecule has 0 saturated heterocycles. The van der Waals surface area contributed by atoms with Crippen LogP contribution in [0.2, 0.25) is 0 Å². The third kappa shape index (κ3) is 3.69. The zero-order chi connectivity index (χ0) is 18.7. The van der Waals surface area contributed by atoms with E-state index >= 15 is 0 Å². The van der Waals surface area contributed by atoms with Gasteiger partial charge in [-0.15, -0.1) is 0 Å². The van der Waals surface area contributed by atoms with E-state index in [2.05, 4.69) is 10.6 Å². The minimum Gasteiger partial charge on any atom is -0.465 e. The van der Waals surface area contributed by atoms with Gasteiger partial charge in [-0.3, -0.25) is 4.79 Å². The van der Waals surface area contributed by atoms with Gasteiger partial charge in [0.1, 0.15) is 5.82 Å². The van der Waals surface area contributed by atoms with Crippen molar-refractivity contribution in [3.05, 3.63) is 71.0 Å². The maximum absolute atomic E-state index is 13.1. The smallest absolute Gasteiger partial charge is 0.405 e. The lowest BCUT2D eigenvalue weighted by Crippen LogP contribution is -2.45. The molecule has 2 aromatic carbocycles. The van der Waals surface area contributed by atoms with Crippen LogP contribution >= 0.6 is 0 Å². The summed E-state index contributed by atoms with van der Waals surface area (Å²) in [6.07, 6.45) is -0.00235. The van der Waals surface area contributed by atoms with Gasteiger partial charge in [-0.1, -0.05) is 43.3 Å². The van der Waals surface area contributed by atoms with Crippen molar-refractivity contribution in [3.63, 3.8) is 0 Å². The highest BCUT2D eigenvalue weighted by Crippen LogP contribution is 2.32. The number of benzene rings is 2. The van der Waals surface area contributed by atoms with Crippen molar-refractivity contribution in [1.82, 2.24) is 10.6 Å². The number of nitrogens with one attached hydrogen (secondary N) is 2. The molecule has 1 aliphatic rings. The molecule has 0 fully saturated rings. The molecule has 1 aliphatic carbocycles. The van der Waals surface area contributed by atoms with Crippen molar-refractivity contribution < 1.29 is 19.1 Å². The van der Waals surface area contributed by atoms with Gasteiger partial charge in [-0.2, -0.15) is 0 Å². The Morgan fingerprint density at radius 2 is 1.85 bits per heavy atom. The molecule has 136 valence electrons. The van der Waals surface area contributed by atoms with Crippen molar-refractivity contribution in [2.45, 2.75) is 37.8 Å². The predicted octanol–water partition coefficient (Wildman–Crippen LogP) is 3.37. The molecule has 2 aromatic rings.